The van der Waals surface area contributed by atoms with Gasteiger partial charge >= 0.3 is 0 Å². The molecule has 0 radical (unpaired) electrons. The molecule has 0 amide bonds. The molecule has 2 aliphatic rings. The van der Waals surface area contributed by atoms with Crippen LogP contribution in [0, 0.1) is 0 Å². The quantitative estimate of drug-likeness (QED) is 0.918. The molecule has 2 saturated heterocycles. The van der Waals surface area contributed by atoms with Gasteiger partial charge in [-0.1, -0.05) is 6.42 Å². The molecule has 0 spiro atoms. The Hall–Kier alpha value is -1.13. The summed E-state index contributed by atoms with van der Waals surface area (Å²) in [6, 6.07) is 4.74. The number of hydrogen-bond donors (Lipinski definition) is 1. The van der Waals surface area contributed by atoms with Crippen molar-refractivity contribution in [2.75, 3.05) is 31.1 Å². The second-order valence-electron chi connectivity index (χ2n) is 6.10. The molecule has 3 rings (SSSR count). The highest BCUT2D eigenvalue weighted by Gasteiger charge is 2.28. The third-order valence-electron chi connectivity index (χ3n) is 4.63. The first-order valence-corrected chi connectivity index (χ1v) is 7.87. The fourth-order valence-corrected chi connectivity index (χ4v) is 3.39. The topological polar surface area (TPSA) is 39.6 Å². The molecule has 2 aliphatic heterocycles. The van der Waals surface area contributed by atoms with Crippen LogP contribution in [0.3, 0.4) is 0 Å². The van der Waals surface area contributed by atoms with E-state index in [2.05, 4.69) is 20.9 Å². The van der Waals surface area contributed by atoms with Crippen molar-refractivity contribution in [1.82, 2.24) is 9.88 Å². The summed E-state index contributed by atoms with van der Waals surface area (Å²) in [5.41, 5.74) is 1.94. The molecule has 1 aromatic heterocycles. The summed E-state index contributed by atoms with van der Waals surface area (Å²) >= 11 is 0. The van der Waals surface area contributed by atoms with Crippen LogP contribution < -0.4 is 4.90 Å². The van der Waals surface area contributed by atoms with E-state index in [1.807, 2.05) is 12.3 Å². The minimum Gasteiger partial charge on any atom is -0.387 e. The van der Waals surface area contributed by atoms with E-state index in [9.17, 15) is 5.11 Å². The average Bonchev–Trinajstić information content (AvgIpc) is 2.98. The number of anilines is 1. The molecule has 20 heavy (non-hydrogen) atoms. The van der Waals surface area contributed by atoms with Crippen LogP contribution in [0.4, 0.5) is 5.69 Å². The average molecular weight is 275 g/mol. The highest BCUT2D eigenvalue weighted by molar-refractivity contribution is 5.46. The maximum absolute atomic E-state index is 9.51. The van der Waals surface area contributed by atoms with E-state index in [1.165, 1.54) is 44.5 Å². The molecule has 4 heteroatoms. The van der Waals surface area contributed by atoms with Crippen LogP contribution in [0.5, 0.6) is 0 Å². The minimum atomic E-state index is -0.483. The number of pyridine rings is 1. The van der Waals surface area contributed by atoms with Crippen LogP contribution in [0.15, 0.2) is 18.3 Å². The lowest BCUT2D eigenvalue weighted by Crippen LogP contribution is -2.40. The summed E-state index contributed by atoms with van der Waals surface area (Å²) in [5, 5.41) is 9.51. The van der Waals surface area contributed by atoms with Crippen molar-refractivity contribution in [1.29, 1.82) is 0 Å². The van der Waals surface area contributed by atoms with Gasteiger partial charge in [0.2, 0.25) is 0 Å². The van der Waals surface area contributed by atoms with E-state index in [0.717, 1.165) is 18.8 Å². The summed E-state index contributed by atoms with van der Waals surface area (Å²) in [6.07, 6.45) is 6.81. The first-order chi connectivity index (χ1) is 9.74. The van der Waals surface area contributed by atoms with Crippen LogP contribution in [0.1, 0.15) is 44.4 Å². The lowest BCUT2D eigenvalue weighted by Gasteiger charge is -2.32. The summed E-state index contributed by atoms with van der Waals surface area (Å²) < 4.78 is 0. The second-order valence-corrected chi connectivity index (χ2v) is 6.10. The van der Waals surface area contributed by atoms with E-state index >= 15 is 0 Å². The number of hydrogen-bond acceptors (Lipinski definition) is 4. The predicted octanol–water partition coefficient (Wildman–Crippen LogP) is 2.20. The number of aromatic nitrogens is 1. The predicted molar refractivity (Wildman–Crippen MR) is 80.9 cm³/mol. The molecular weight excluding hydrogens is 250 g/mol. The van der Waals surface area contributed by atoms with Gasteiger partial charge in [0.25, 0.3) is 0 Å². The molecular formula is C16H25N3O. The number of nitrogens with zero attached hydrogens (tertiary/aromatic N) is 3. The zero-order chi connectivity index (χ0) is 13.9. The van der Waals surface area contributed by atoms with E-state index in [0.29, 0.717) is 6.04 Å². The SMILES string of the molecule is C[C@H](O)c1ccc(N2CCC(N3CCCCC3)C2)cn1. The standard InChI is InChI=1S/C16H25N3O/c1-13(20)16-6-5-14(11-17-16)19-10-7-15(12-19)18-8-3-2-4-9-18/h5-6,11,13,15,20H,2-4,7-10,12H2,1H3/t13-,15?/m0/s1. The largest absolute Gasteiger partial charge is 0.387 e. The fourth-order valence-electron chi connectivity index (χ4n) is 3.39. The lowest BCUT2D eigenvalue weighted by atomic mass is 10.1. The molecule has 1 aromatic rings. The molecule has 0 aromatic carbocycles. The van der Waals surface area contributed by atoms with Gasteiger partial charge in [0, 0.05) is 19.1 Å². The van der Waals surface area contributed by atoms with Gasteiger partial charge in [0.05, 0.1) is 23.7 Å². The first kappa shape index (κ1) is 13.8. The number of piperidine rings is 1. The van der Waals surface area contributed by atoms with Crippen molar-refractivity contribution >= 4 is 5.69 Å². The lowest BCUT2D eigenvalue weighted by molar-refractivity contribution is 0.175. The van der Waals surface area contributed by atoms with Crippen molar-refractivity contribution in [3.05, 3.63) is 24.0 Å². The number of aliphatic hydroxyl groups is 1. The second kappa shape index (κ2) is 6.10. The van der Waals surface area contributed by atoms with Gasteiger partial charge in [0.15, 0.2) is 0 Å². The molecule has 3 heterocycles. The van der Waals surface area contributed by atoms with Crippen molar-refractivity contribution in [3.63, 3.8) is 0 Å². The Balaban J connectivity index is 1.61. The fraction of sp³-hybridized carbons (Fsp3) is 0.688. The van der Waals surface area contributed by atoms with Crippen molar-refractivity contribution in [2.45, 2.75) is 44.8 Å². The normalized spacial score (nSPS) is 25.9. The molecule has 1 unspecified atom stereocenters. The minimum absolute atomic E-state index is 0.483. The van der Waals surface area contributed by atoms with Crippen LogP contribution in [-0.2, 0) is 0 Å². The van der Waals surface area contributed by atoms with Crippen molar-refractivity contribution < 1.29 is 5.11 Å². The zero-order valence-electron chi connectivity index (χ0n) is 12.3. The molecule has 0 saturated carbocycles. The Labute approximate surface area is 121 Å². The van der Waals surface area contributed by atoms with Crippen LogP contribution in [0.2, 0.25) is 0 Å². The Bertz CT molecular complexity index is 426. The summed E-state index contributed by atoms with van der Waals surface area (Å²) in [4.78, 5) is 9.45. The summed E-state index contributed by atoms with van der Waals surface area (Å²) in [5.74, 6) is 0. The van der Waals surface area contributed by atoms with Gasteiger partial charge in [-0.3, -0.25) is 9.88 Å². The molecule has 1 N–H and O–H groups in total. The van der Waals surface area contributed by atoms with Crippen molar-refractivity contribution in [3.8, 4) is 0 Å². The van der Waals surface area contributed by atoms with E-state index < -0.39 is 6.10 Å². The van der Waals surface area contributed by atoms with E-state index in [-0.39, 0.29) is 0 Å². The molecule has 0 bridgehead atoms. The van der Waals surface area contributed by atoms with Gasteiger partial charge in [-0.15, -0.1) is 0 Å². The van der Waals surface area contributed by atoms with Gasteiger partial charge in [-0.25, -0.2) is 0 Å². The Morgan fingerprint density at radius 2 is 2.00 bits per heavy atom. The molecule has 110 valence electrons. The third kappa shape index (κ3) is 2.96. The third-order valence-corrected chi connectivity index (χ3v) is 4.63. The molecule has 2 fully saturated rings. The number of likely N-dealkylation sites (tertiary alicyclic amines) is 1. The van der Waals surface area contributed by atoms with Crippen LogP contribution >= 0.6 is 0 Å². The Kier molecular flexibility index (Phi) is 4.22. The first-order valence-electron chi connectivity index (χ1n) is 7.87. The van der Waals surface area contributed by atoms with Crippen LogP contribution in [0.25, 0.3) is 0 Å². The van der Waals surface area contributed by atoms with Gasteiger partial charge in [-0.05, 0) is 51.4 Å². The molecule has 2 atom stereocenters. The highest BCUT2D eigenvalue weighted by Crippen LogP contribution is 2.25. The monoisotopic (exact) mass is 275 g/mol. The maximum atomic E-state index is 9.51. The smallest absolute Gasteiger partial charge is 0.0931 e. The Morgan fingerprint density at radius 3 is 2.65 bits per heavy atom. The summed E-state index contributed by atoms with van der Waals surface area (Å²) in [7, 11) is 0. The van der Waals surface area contributed by atoms with Crippen molar-refractivity contribution in [2.24, 2.45) is 0 Å². The van der Waals surface area contributed by atoms with E-state index in [1.54, 1.807) is 6.92 Å². The molecule has 0 aliphatic carbocycles. The number of rotatable bonds is 3. The maximum Gasteiger partial charge on any atom is 0.0931 e. The van der Waals surface area contributed by atoms with Gasteiger partial charge < -0.3 is 10.0 Å². The van der Waals surface area contributed by atoms with Crippen LogP contribution in [-0.4, -0.2) is 47.2 Å². The summed E-state index contributed by atoms with van der Waals surface area (Å²) in [6.45, 7) is 6.55. The zero-order valence-corrected chi connectivity index (χ0v) is 12.3. The van der Waals surface area contributed by atoms with Gasteiger partial charge in [-0.2, -0.15) is 0 Å². The van der Waals surface area contributed by atoms with E-state index in [4.69, 9.17) is 0 Å². The molecule has 4 nitrogen and oxygen atoms in total. The Morgan fingerprint density at radius 1 is 1.20 bits per heavy atom. The number of aliphatic hydroxyl groups excluding tert-OH is 1. The highest BCUT2D eigenvalue weighted by atomic mass is 16.3. The van der Waals surface area contributed by atoms with Gasteiger partial charge in [0.1, 0.15) is 0 Å².